The Morgan fingerprint density at radius 2 is 1.00 bits per heavy atom. The minimum Gasteiger partial charge on any atom is -0.491 e. The van der Waals surface area contributed by atoms with Gasteiger partial charge in [-0.1, -0.05) is 6.07 Å². The van der Waals surface area contributed by atoms with Gasteiger partial charge in [0.15, 0.2) is 11.5 Å². The topological polar surface area (TPSA) is 87.0 Å². The van der Waals surface area contributed by atoms with E-state index in [4.69, 9.17) is 37.9 Å². The summed E-state index contributed by atoms with van der Waals surface area (Å²) >= 11 is 0. The summed E-state index contributed by atoms with van der Waals surface area (Å²) in [5.74, 6) is 2.87. The number of epoxide rings is 4. The lowest BCUT2D eigenvalue weighted by atomic mass is 10.0. The third-order valence-electron chi connectivity index (χ3n) is 5.49. The number of benzene rings is 2. The van der Waals surface area contributed by atoms with Crippen LogP contribution in [0.5, 0.6) is 23.0 Å². The van der Waals surface area contributed by atoms with Crippen LogP contribution in [0.2, 0.25) is 0 Å². The summed E-state index contributed by atoms with van der Waals surface area (Å²) in [5.41, 5.74) is 1.95. The summed E-state index contributed by atoms with van der Waals surface area (Å²) in [5, 5.41) is 0. The standard InChI is InChI=1S/C24H26O8/c1-2-23(31-13-21-11-29-21)24(32-14-22-12-30-22)5-15(1)16-3-17(25-7-19-9-27-19)6-18(4-16)26-8-20-10-28-20/h1-6,19-22H,7-14H2. The van der Waals surface area contributed by atoms with E-state index in [1.807, 2.05) is 36.4 Å². The highest BCUT2D eigenvalue weighted by molar-refractivity contribution is 5.70. The van der Waals surface area contributed by atoms with E-state index >= 15 is 0 Å². The maximum Gasteiger partial charge on any atom is 0.161 e. The van der Waals surface area contributed by atoms with E-state index < -0.39 is 0 Å². The highest BCUT2D eigenvalue weighted by Gasteiger charge is 2.27. The molecule has 4 aliphatic heterocycles. The first-order valence-corrected chi connectivity index (χ1v) is 11.1. The summed E-state index contributed by atoms with van der Waals surface area (Å²) < 4.78 is 44.9. The van der Waals surface area contributed by atoms with Crippen LogP contribution in [0.3, 0.4) is 0 Å². The Hall–Kier alpha value is -2.52. The molecular formula is C24H26O8. The van der Waals surface area contributed by atoms with Gasteiger partial charge in [0, 0.05) is 6.07 Å². The molecule has 0 radical (unpaired) electrons. The van der Waals surface area contributed by atoms with Crippen molar-refractivity contribution in [2.45, 2.75) is 24.4 Å². The minimum absolute atomic E-state index is 0.157. The van der Waals surface area contributed by atoms with Crippen LogP contribution in [0, 0.1) is 0 Å². The van der Waals surface area contributed by atoms with Gasteiger partial charge in [-0.15, -0.1) is 0 Å². The van der Waals surface area contributed by atoms with Crippen molar-refractivity contribution >= 4 is 0 Å². The Balaban J connectivity index is 1.24. The fourth-order valence-electron chi connectivity index (χ4n) is 3.23. The van der Waals surface area contributed by atoms with Gasteiger partial charge in [-0.3, -0.25) is 0 Å². The van der Waals surface area contributed by atoms with Crippen LogP contribution in [0.4, 0.5) is 0 Å². The monoisotopic (exact) mass is 442 g/mol. The van der Waals surface area contributed by atoms with Gasteiger partial charge in [0.05, 0.1) is 26.4 Å². The van der Waals surface area contributed by atoms with Crippen molar-refractivity contribution in [3.63, 3.8) is 0 Å². The molecule has 0 saturated carbocycles. The van der Waals surface area contributed by atoms with Gasteiger partial charge in [-0.05, 0) is 35.4 Å². The first-order chi connectivity index (χ1) is 15.8. The highest BCUT2D eigenvalue weighted by Crippen LogP contribution is 2.37. The van der Waals surface area contributed by atoms with Crippen molar-refractivity contribution in [1.29, 1.82) is 0 Å². The Bertz CT molecular complexity index is 913. The minimum atomic E-state index is 0.157. The summed E-state index contributed by atoms with van der Waals surface area (Å²) in [4.78, 5) is 0. The molecule has 0 N–H and O–H groups in total. The SMILES string of the molecule is c1c(OCC2CO2)cc(-c2ccc(OCC3CO3)c(OCC3CO3)c2)cc1OCC1CO1. The maximum absolute atomic E-state index is 6.02. The molecule has 170 valence electrons. The summed E-state index contributed by atoms with van der Waals surface area (Å²) in [6, 6.07) is 11.9. The van der Waals surface area contributed by atoms with Crippen LogP contribution in [-0.4, -0.2) is 77.3 Å². The highest BCUT2D eigenvalue weighted by atomic mass is 16.6. The number of rotatable bonds is 13. The van der Waals surface area contributed by atoms with Crippen molar-refractivity contribution < 1.29 is 37.9 Å². The second kappa shape index (κ2) is 8.78. The van der Waals surface area contributed by atoms with Gasteiger partial charge in [-0.25, -0.2) is 0 Å². The molecule has 0 amide bonds. The Kier molecular flexibility index (Phi) is 5.52. The van der Waals surface area contributed by atoms with Crippen LogP contribution >= 0.6 is 0 Å². The summed E-state index contributed by atoms with van der Waals surface area (Å²) in [7, 11) is 0. The maximum atomic E-state index is 6.02. The van der Waals surface area contributed by atoms with Gasteiger partial charge in [-0.2, -0.15) is 0 Å². The molecule has 0 aromatic heterocycles. The zero-order valence-corrected chi connectivity index (χ0v) is 17.7. The lowest BCUT2D eigenvalue weighted by molar-refractivity contribution is 0.228. The molecule has 6 rings (SSSR count). The van der Waals surface area contributed by atoms with Gasteiger partial charge in [0.25, 0.3) is 0 Å². The molecule has 0 bridgehead atoms. The largest absolute Gasteiger partial charge is 0.491 e. The molecule has 0 spiro atoms. The van der Waals surface area contributed by atoms with Crippen LogP contribution in [0.25, 0.3) is 11.1 Å². The molecule has 4 saturated heterocycles. The molecule has 4 heterocycles. The number of ether oxygens (including phenoxy) is 8. The fourth-order valence-corrected chi connectivity index (χ4v) is 3.23. The fraction of sp³-hybridized carbons (Fsp3) is 0.500. The van der Waals surface area contributed by atoms with Crippen LogP contribution in [-0.2, 0) is 18.9 Å². The molecular weight excluding hydrogens is 416 g/mol. The average molecular weight is 442 g/mol. The molecule has 4 aliphatic rings. The predicted octanol–water partition coefficient (Wildman–Crippen LogP) is 2.46. The second-order valence-electron chi connectivity index (χ2n) is 8.42. The zero-order chi connectivity index (χ0) is 21.3. The van der Waals surface area contributed by atoms with E-state index in [0.717, 1.165) is 49.1 Å². The van der Waals surface area contributed by atoms with Crippen molar-refractivity contribution in [2.24, 2.45) is 0 Å². The Morgan fingerprint density at radius 1 is 0.531 bits per heavy atom. The summed E-state index contributed by atoms with van der Waals surface area (Å²) in [6.07, 6.45) is 0.692. The predicted molar refractivity (Wildman–Crippen MR) is 113 cm³/mol. The van der Waals surface area contributed by atoms with Crippen LogP contribution in [0.1, 0.15) is 0 Å². The van der Waals surface area contributed by atoms with E-state index in [2.05, 4.69) is 0 Å². The lowest BCUT2D eigenvalue weighted by Crippen LogP contribution is -2.09. The molecule has 4 atom stereocenters. The Morgan fingerprint density at radius 3 is 1.50 bits per heavy atom. The molecule has 0 aliphatic carbocycles. The number of hydrogen-bond acceptors (Lipinski definition) is 8. The van der Waals surface area contributed by atoms with E-state index in [1.54, 1.807) is 0 Å². The van der Waals surface area contributed by atoms with Crippen molar-refractivity contribution in [2.75, 3.05) is 52.9 Å². The molecule has 32 heavy (non-hydrogen) atoms. The molecule has 4 fully saturated rings. The van der Waals surface area contributed by atoms with Gasteiger partial charge >= 0.3 is 0 Å². The van der Waals surface area contributed by atoms with Crippen LogP contribution in [0.15, 0.2) is 36.4 Å². The summed E-state index contributed by atoms with van der Waals surface area (Å²) in [6.45, 7) is 5.06. The third kappa shape index (κ3) is 5.63. The normalized spacial score (nSPS) is 26.9. The van der Waals surface area contributed by atoms with E-state index in [9.17, 15) is 0 Å². The average Bonchev–Trinajstić information content (AvgIpc) is 3.66. The van der Waals surface area contributed by atoms with E-state index in [0.29, 0.717) is 37.9 Å². The first kappa shape index (κ1) is 20.1. The van der Waals surface area contributed by atoms with Crippen molar-refractivity contribution in [3.8, 4) is 34.1 Å². The van der Waals surface area contributed by atoms with Gasteiger partial charge in [0.2, 0.25) is 0 Å². The molecule has 8 nitrogen and oxygen atoms in total. The van der Waals surface area contributed by atoms with Gasteiger partial charge < -0.3 is 37.9 Å². The quantitative estimate of drug-likeness (QED) is 0.437. The van der Waals surface area contributed by atoms with Gasteiger partial charge in [0.1, 0.15) is 62.3 Å². The molecule has 2 aromatic carbocycles. The molecule has 2 aromatic rings. The first-order valence-electron chi connectivity index (χ1n) is 11.1. The smallest absolute Gasteiger partial charge is 0.161 e. The Labute approximate surface area is 186 Å². The number of hydrogen-bond donors (Lipinski definition) is 0. The molecule has 8 heteroatoms. The van der Waals surface area contributed by atoms with E-state index in [1.165, 1.54) is 0 Å². The zero-order valence-electron chi connectivity index (χ0n) is 17.7. The van der Waals surface area contributed by atoms with Crippen molar-refractivity contribution in [3.05, 3.63) is 36.4 Å². The lowest BCUT2D eigenvalue weighted by Gasteiger charge is -2.15. The van der Waals surface area contributed by atoms with Crippen LogP contribution < -0.4 is 18.9 Å². The third-order valence-corrected chi connectivity index (χ3v) is 5.49. The molecule has 4 unspecified atom stereocenters. The van der Waals surface area contributed by atoms with Crippen molar-refractivity contribution in [1.82, 2.24) is 0 Å². The second-order valence-corrected chi connectivity index (χ2v) is 8.42. The van der Waals surface area contributed by atoms with E-state index in [-0.39, 0.29) is 24.4 Å².